The molecular weight excluding hydrogens is 184 g/mol. The highest BCUT2D eigenvalue weighted by Gasteiger charge is 2.27. The van der Waals surface area contributed by atoms with E-state index in [2.05, 4.69) is 31.2 Å². The largest absolute Gasteiger partial charge is 0.490 e. The molecule has 1 aromatic rings. The molecule has 0 spiro atoms. The maximum absolute atomic E-state index is 5.88. The van der Waals surface area contributed by atoms with Crippen LogP contribution in [0, 0.1) is 5.92 Å². The van der Waals surface area contributed by atoms with Gasteiger partial charge in [0, 0.05) is 0 Å². The topological polar surface area (TPSA) is 9.23 Å². The molecule has 1 heteroatoms. The summed E-state index contributed by atoms with van der Waals surface area (Å²) in [6.07, 6.45) is 5.68. The molecule has 0 atom stereocenters. The Morgan fingerprint density at radius 2 is 1.73 bits per heavy atom. The van der Waals surface area contributed by atoms with Crippen molar-refractivity contribution in [2.24, 2.45) is 5.92 Å². The SMILES string of the molecule is CC1CC(Oc2ccc(C3CC3)cc2)C1. The van der Waals surface area contributed by atoms with Gasteiger partial charge in [0.05, 0.1) is 6.10 Å². The lowest BCUT2D eigenvalue weighted by Gasteiger charge is -2.32. The van der Waals surface area contributed by atoms with Crippen molar-refractivity contribution in [1.29, 1.82) is 0 Å². The first-order valence-corrected chi connectivity index (χ1v) is 6.08. The van der Waals surface area contributed by atoms with Crippen molar-refractivity contribution in [1.82, 2.24) is 0 Å². The molecule has 2 fully saturated rings. The smallest absolute Gasteiger partial charge is 0.119 e. The molecule has 0 amide bonds. The van der Waals surface area contributed by atoms with E-state index in [0.717, 1.165) is 17.6 Å². The third kappa shape index (κ3) is 2.01. The monoisotopic (exact) mass is 202 g/mol. The van der Waals surface area contributed by atoms with E-state index in [0.29, 0.717) is 6.10 Å². The molecule has 0 unspecified atom stereocenters. The molecule has 0 bridgehead atoms. The Balaban J connectivity index is 1.60. The quantitative estimate of drug-likeness (QED) is 0.725. The van der Waals surface area contributed by atoms with Crippen LogP contribution in [0.25, 0.3) is 0 Å². The fourth-order valence-electron chi connectivity index (χ4n) is 2.35. The summed E-state index contributed by atoms with van der Waals surface area (Å²) in [4.78, 5) is 0. The van der Waals surface area contributed by atoms with E-state index in [4.69, 9.17) is 4.74 Å². The van der Waals surface area contributed by atoms with Gasteiger partial charge in [0.1, 0.15) is 5.75 Å². The van der Waals surface area contributed by atoms with Gasteiger partial charge in [-0.15, -0.1) is 0 Å². The zero-order valence-electron chi connectivity index (χ0n) is 9.28. The maximum atomic E-state index is 5.88. The second kappa shape index (κ2) is 3.55. The maximum Gasteiger partial charge on any atom is 0.119 e. The van der Waals surface area contributed by atoms with E-state index in [1.807, 2.05) is 0 Å². The Morgan fingerprint density at radius 3 is 2.27 bits per heavy atom. The van der Waals surface area contributed by atoms with Crippen LogP contribution in [-0.2, 0) is 0 Å². The van der Waals surface area contributed by atoms with E-state index < -0.39 is 0 Å². The molecular formula is C14H18O. The molecule has 1 nitrogen and oxygen atoms in total. The van der Waals surface area contributed by atoms with Crippen molar-refractivity contribution in [3.05, 3.63) is 29.8 Å². The van der Waals surface area contributed by atoms with Gasteiger partial charge in [0.15, 0.2) is 0 Å². The van der Waals surface area contributed by atoms with Crippen LogP contribution >= 0.6 is 0 Å². The van der Waals surface area contributed by atoms with Crippen molar-refractivity contribution in [3.63, 3.8) is 0 Å². The molecule has 2 saturated carbocycles. The zero-order valence-corrected chi connectivity index (χ0v) is 9.28. The Labute approximate surface area is 91.5 Å². The minimum atomic E-state index is 0.478. The lowest BCUT2D eigenvalue weighted by atomic mass is 9.84. The average Bonchev–Trinajstić information content (AvgIpc) is 3.00. The highest BCUT2D eigenvalue weighted by molar-refractivity contribution is 5.31. The first-order valence-electron chi connectivity index (χ1n) is 6.08. The van der Waals surface area contributed by atoms with E-state index in [9.17, 15) is 0 Å². The van der Waals surface area contributed by atoms with Crippen LogP contribution in [0.15, 0.2) is 24.3 Å². The fraction of sp³-hybridized carbons (Fsp3) is 0.571. The molecule has 0 heterocycles. The zero-order chi connectivity index (χ0) is 10.3. The van der Waals surface area contributed by atoms with Crippen LogP contribution in [0.1, 0.15) is 44.1 Å². The van der Waals surface area contributed by atoms with E-state index >= 15 is 0 Å². The third-order valence-electron chi connectivity index (χ3n) is 3.56. The molecule has 0 aromatic heterocycles. The number of rotatable bonds is 3. The average molecular weight is 202 g/mol. The Hall–Kier alpha value is -0.980. The summed E-state index contributed by atoms with van der Waals surface area (Å²) in [5.41, 5.74) is 1.49. The van der Waals surface area contributed by atoms with Crippen LogP contribution in [0.3, 0.4) is 0 Å². The third-order valence-corrected chi connectivity index (χ3v) is 3.56. The molecule has 15 heavy (non-hydrogen) atoms. The fourth-order valence-corrected chi connectivity index (χ4v) is 2.35. The van der Waals surface area contributed by atoms with Crippen LogP contribution < -0.4 is 4.74 Å². The molecule has 2 aliphatic rings. The first kappa shape index (κ1) is 9.26. The van der Waals surface area contributed by atoms with Gasteiger partial charge in [0.25, 0.3) is 0 Å². The molecule has 0 N–H and O–H groups in total. The summed E-state index contributed by atoms with van der Waals surface area (Å²) in [6.45, 7) is 2.29. The molecule has 0 radical (unpaired) electrons. The van der Waals surface area contributed by atoms with Gasteiger partial charge in [0.2, 0.25) is 0 Å². The predicted octanol–water partition coefficient (Wildman–Crippen LogP) is 3.74. The van der Waals surface area contributed by atoms with E-state index in [1.54, 1.807) is 0 Å². The Morgan fingerprint density at radius 1 is 1.07 bits per heavy atom. The number of hydrogen-bond donors (Lipinski definition) is 0. The normalized spacial score (nSPS) is 29.7. The molecule has 0 aliphatic heterocycles. The molecule has 1 aromatic carbocycles. The first-order chi connectivity index (χ1) is 7.31. The van der Waals surface area contributed by atoms with Gasteiger partial charge in [-0.05, 0) is 55.2 Å². The Kier molecular flexibility index (Phi) is 2.19. The van der Waals surface area contributed by atoms with Crippen LogP contribution in [0.2, 0.25) is 0 Å². The summed E-state index contributed by atoms with van der Waals surface area (Å²) < 4.78 is 5.88. The van der Waals surface area contributed by atoms with Gasteiger partial charge in [-0.3, -0.25) is 0 Å². The minimum absolute atomic E-state index is 0.478. The summed E-state index contributed by atoms with van der Waals surface area (Å²) in [5, 5.41) is 0. The lowest BCUT2D eigenvalue weighted by molar-refractivity contribution is 0.0739. The van der Waals surface area contributed by atoms with E-state index in [1.165, 1.54) is 31.2 Å². The van der Waals surface area contributed by atoms with Crippen LogP contribution in [-0.4, -0.2) is 6.10 Å². The summed E-state index contributed by atoms with van der Waals surface area (Å²) in [7, 11) is 0. The summed E-state index contributed by atoms with van der Waals surface area (Å²) in [5.74, 6) is 2.76. The van der Waals surface area contributed by atoms with Crippen molar-refractivity contribution >= 4 is 0 Å². The molecule has 2 aliphatic carbocycles. The predicted molar refractivity (Wildman–Crippen MR) is 61.2 cm³/mol. The van der Waals surface area contributed by atoms with Gasteiger partial charge in [-0.1, -0.05) is 19.1 Å². The van der Waals surface area contributed by atoms with Crippen molar-refractivity contribution in [2.45, 2.75) is 44.6 Å². The van der Waals surface area contributed by atoms with E-state index in [-0.39, 0.29) is 0 Å². The number of hydrogen-bond acceptors (Lipinski definition) is 1. The van der Waals surface area contributed by atoms with Crippen molar-refractivity contribution in [2.75, 3.05) is 0 Å². The second-order valence-electron chi connectivity index (χ2n) is 5.16. The van der Waals surface area contributed by atoms with Gasteiger partial charge in [-0.2, -0.15) is 0 Å². The minimum Gasteiger partial charge on any atom is -0.490 e. The molecule has 0 saturated heterocycles. The van der Waals surface area contributed by atoms with Crippen LogP contribution in [0.5, 0.6) is 5.75 Å². The molecule has 3 rings (SSSR count). The van der Waals surface area contributed by atoms with Gasteiger partial charge in [-0.25, -0.2) is 0 Å². The Bertz CT molecular complexity index is 331. The van der Waals surface area contributed by atoms with Gasteiger partial charge < -0.3 is 4.74 Å². The highest BCUT2D eigenvalue weighted by Crippen LogP contribution is 2.40. The van der Waals surface area contributed by atoms with Crippen molar-refractivity contribution < 1.29 is 4.74 Å². The summed E-state index contributed by atoms with van der Waals surface area (Å²) >= 11 is 0. The lowest BCUT2D eigenvalue weighted by Crippen LogP contribution is -2.31. The van der Waals surface area contributed by atoms with Gasteiger partial charge >= 0.3 is 0 Å². The second-order valence-corrected chi connectivity index (χ2v) is 5.16. The molecule has 80 valence electrons. The highest BCUT2D eigenvalue weighted by atomic mass is 16.5. The number of benzene rings is 1. The van der Waals surface area contributed by atoms with Crippen LogP contribution in [0.4, 0.5) is 0 Å². The summed E-state index contributed by atoms with van der Waals surface area (Å²) in [6, 6.07) is 8.73. The standard InChI is InChI=1S/C14H18O/c1-10-8-14(9-10)15-13-6-4-12(5-7-13)11-2-3-11/h4-7,10-11,14H,2-3,8-9H2,1H3. The van der Waals surface area contributed by atoms with Crippen molar-refractivity contribution in [3.8, 4) is 5.75 Å². The number of ether oxygens (including phenoxy) is 1.